The van der Waals surface area contributed by atoms with Crippen molar-refractivity contribution < 1.29 is 9.90 Å². The van der Waals surface area contributed by atoms with Crippen LogP contribution in [0, 0.1) is 0 Å². The molecule has 0 spiro atoms. The number of aromatic hydroxyl groups is 1. The predicted octanol–water partition coefficient (Wildman–Crippen LogP) is 2.22. The van der Waals surface area contributed by atoms with Gasteiger partial charge in [-0.05, 0) is 24.7 Å². The Morgan fingerprint density at radius 1 is 1.50 bits per heavy atom. The van der Waals surface area contributed by atoms with Crippen LogP contribution in [0.2, 0.25) is 0 Å². The normalized spacial score (nSPS) is 10.9. The minimum atomic E-state index is -0.0404. The van der Waals surface area contributed by atoms with E-state index in [0.717, 1.165) is 12.1 Å². The van der Waals surface area contributed by atoms with Crippen molar-refractivity contribution in [3.63, 3.8) is 0 Å². The number of likely N-dealkylation sites (N-methyl/N-ethyl adjacent to an activating group) is 1. The quantitative estimate of drug-likeness (QED) is 0.746. The van der Waals surface area contributed by atoms with E-state index in [-0.39, 0.29) is 11.5 Å². The van der Waals surface area contributed by atoms with Crippen LogP contribution in [0.25, 0.3) is 6.08 Å². The summed E-state index contributed by atoms with van der Waals surface area (Å²) in [5.41, 5.74) is 1.32. The molecule has 2 N–H and O–H groups in total. The number of rotatable bonds is 5. The zero-order valence-corrected chi connectivity index (χ0v) is 9.66. The second-order valence-corrected chi connectivity index (χ2v) is 3.51. The molecule has 1 rings (SSSR count). The molecule has 0 aromatic heterocycles. The van der Waals surface area contributed by atoms with Crippen LogP contribution in [-0.2, 0) is 0 Å². The molecule has 0 aliphatic rings. The number of Topliss-reactive ketones (excluding diaryl/α,β-unsaturated/α-hetero) is 1. The summed E-state index contributed by atoms with van der Waals surface area (Å²) in [6, 6.07) is 5.06. The van der Waals surface area contributed by atoms with E-state index < -0.39 is 0 Å². The van der Waals surface area contributed by atoms with Gasteiger partial charge in [0.05, 0.1) is 5.56 Å². The lowest BCUT2D eigenvalue weighted by molar-refractivity contribution is 0.0985. The SMILES string of the molecule is CCC(=O)c1cc(C=CCNC)ccc1O. The van der Waals surface area contributed by atoms with Crippen LogP contribution >= 0.6 is 0 Å². The van der Waals surface area contributed by atoms with Crippen molar-refractivity contribution in [3.8, 4) is 5.75 Å². The van der Waals surface area contributed by atoms with E-state index in [4.69, 9.17) is 0 Å². The first-order valence-corrected chi connectivity index (χ1v) is 5.36. The Bertz CT molecular complexity index is 397. The summed E-state index contributed by atoms with van der Waals surface area (Å²) in [5, 5.41) is 12.5. The largest absolute Gasteiger partial charge is 0.507 e. The average molecular weight is 219 g/mol. The highest BCUT2D eigenvalue weighted by molar-refractivity contribution is 5.98. The van der Waals surface area contributed by atoms with Crippen molar-refractivity contribution in [3.05, 3.63) is 35.4 Å². The van der Waals surface area contributed by atoms with Crippen molar-refractivity contribution in [1.82, 2.24) is 5.32 Å². The van der Waals surface area contributed by atoms with Crippen molar-refractivity contribution in [2.75, 3.05) is 13.6 Å². The van der Waals surface area contributed by atoms with Gasteiger partial charge in [-0.2, -0.15) is 0 Å². The maximum absolute atomic E-state index is 11.5. The van der Waals surface area contributed by atoms with Crippen LogP contribution in [0.1, 0.15) is 29.3 Å². The fourth-order valence-electron chi connectivity index (χ4n) is 1.38. The van der Waals surface area contributed by atoms with E-state index >= 15 is 0 Å². The van der Waals surface area contributed by atoms with E-state index in [1.807, 2.05) is 19.2 Å². The highest BCUT2D eigenvalue weighted by Crippen LogP contribution is 2.20. The second kappa shape index (κ2) is 6.08. The number of benzene rings is 1. The Morgan fingerprint density at radius 2 is 2.25 bits per heavy atom. The summed E-state index contributed by atoms with van der Waals surface area (Å²) < 4.78 is 0. The molecule has 16 heavy (non-hydrogen) atoms. The first-order valence-electron chi connectivity index (χ1n) is 5.36. The smallest absolute Gasteiger partial charge is 0.166 e. The number of hydrogen-bond acceptors (Lipinski definition) is 3. The maximum Gasteiger partial charge on any atom is 0.166 e. The van der Waals surface area contributed by atoms with Crippen LogP contribution < -0.4 is 5.32 Å². The third-order valence-electron chi connectivity index (χ3n) is 2.27. The summed E-state index contributed by atoms with van der Waals surface area (Å²) in [6.45, 7) is 2.56. The van der Waals surface area contributed by atoms with Crippen molar-refractivity contribution in [1.29, 1.82) is 0 Å². The number of phenolic OH excluding ortho intramolecular Hbond substituents is 1. The van der Waals surface area contributed by atoms with Crippen molar-refractivity contribution in [2.45, 2.75) is 13.3 Å². The van der Waals surface area contributed by atoms with Gasteiger partial charge in [0.2, 0.25) is 0 Å². The molecular formula is C13H17NO2. The Hall–Kier alpha value is -1.61. The topological polar surface area (TPSA) is 49.3 Å². The highest BCUT2D eigenvalue weighted by atomic mass is 16.3. The number of hydrogen-bond donors (Lipinski definition) is 2. The number of carbonyl (C=O) groups is 1. The number of phenols is 1. The summed E-state index contributed by atoms with van der Waals surface area (Å²) >= 11 is 0. The zero-order chi connectivity index (χ0) is 12.0. The molecule has 86 valence electrons. The van der Waals surface area contributed by atoms with E-state index in [2.05, 4.69) is 5.32 Å². The molecule has 0 fully saturated rings. The van der Waals surface area contributed by atoms with E-state index in [1.54, 1.807) is 25.1 Å². The Labute approximate surface area is 95.8 Å². The molecule has 0 radical (unpaired) electrons. The van der Waals surface area contributed by atoms with Crippen LogP contribution in [-0.4, -0.2) is 24.5 Å². The van der Waals surface area contributed by atoms with Crippen LogP contribution in [0.5, 0.6) is 5.75 Å². The molecule has 0 aliphatic carbocycles. The Balaban J connectivity index is 2.93. The van der Waals surface area contributed by atoms with Crippen LogP contribution in [0.3, 0.4) is 0 Å². The van der Waals surface area contributed by atoms with Gasteiger partial charge in [-0.3, -0.25) is 4.79 Å². The third kappa shape index (κ3) is 3.21. The molecule has 0 aliphatic heterocycles. The summed E-state index contributed by atoms with van der Waals surface area (Å²) in [5.74, 6) is 0.0129. The van der Waals surface area contributed by atoms with Gasteiger partial charge in [0.15, 0.2) is 5.78 Å². The van der Waals surface area contributed by atoms with Gasteiger partial charge >= 0.3 is 0 Å². The lowest BCUT2D eigenvalue weighted by atomic mass is 10.0. The zero-order valence-electron chi connectivity index (χ0n) is 9.66. The maximum atomic E-state index is 11.5. The summed E-state index contributed by atoms with van der Waals surface area (Å²) in [7, 11) is 1.87. The minimum absolute atomic E-state index is 0.0404. The Morgan fingerprint density at radius 3 is 2.88 bits per heavy atom. The molecule has 3 nitrogen and oxygen atoms in total. The minimum Gasteiger partial charge on any atom is -0.507 e. The van der Waals surface area contributed by atoms with Gasteiger partial charge in [-0.15, -0.1) is 0 Å². The number of carbonyl (C=O) groups excluding carboxylic acids is 1. The molecule has 0 unspecified atom stereocenters. The lowest BCUT2D eigenvalue weighted by Crippen LogP contribution is -2.03. The number of nitrogens with one attached hydrogen (secondary N) is 1. The van der Waals surface area contributed by atoms with Crippen LogP contribution in [0.15, 0.2) is 24.3 Å². The third-order valence-corrected chi connectivity index (χ3v) is 2.27. The van der Waals surface area contributed by atoms with Crippen molar-refractivity contribution in [2.24, 2.45) is 0 Å². The molecule has 0 bridgehead atoms. The molecule has 1 aromatic rings. The first-order chi connectivity index (χ1) is 7.69. The van der Waals surface area contributed by atoms with E-state index in [1.165, 1.54) is 0 Å². The standard InChI is InChI=1S/C13H17NO2/c1-3-12(15)11-9-10(5-4-8-14-2)6-7-13(11)16/h4-7,9,14,16H,3,8H2,1-2H3. The Kier molecular flexibility index (Phi) is 4.73. The molecule has 1 aromatic carbocycles. The molecule has 0 saturated heterocycles. The van der Waals surface area contributed by atoms with Gasteiger partial charge in [0, 0.05) is 13.0 Å². The molecule has 0 atom stereocenters. The summed E-state index contributed by atoms with van der Waals surface area (Å²) in [6.07, 6.45) is 4.28. The molecule has 0 heterocycles. The fourth-order valence-corrected chi connectivity index (χ4v) is 1.38. The second-order valence-electron chi connectivity index (χ2n) is 3.51. The highest BCUT2D eigenvalue weighted by Gasteiger charge is 2.08. The van der Waals surface area contributed by atoms with Gasteiger partial charge in [-0.1, -0.05) is 25.1 Å². The van der Waals surface area contributed by atoms with Crippen LogP contribution in [0.4, 0.5) is 0 Å². The monoisotopic (exact) mass is 219 g/mol. The molecule has 0 amide bonds. The van der Waals surface area contributed by atoms with E-state index in [9.17, 15) is 9.90 Å². The predicted molar refractivity (Wildman–Crippen MR) is 65.7 cm³/mol. The molecule has 3 heteroatoms. The van der Waals surface area contributed by atoms with Gasteiger partial charge in [0.1, 0.15) is 5.75 Å². The lowest BCUT2D eigenvalue weighted by Gasteiger charge is -2.03. The first kappa shape index (κ1) is 12.5. The summed E-state index contributed by atoms with van der Waals surface area (Å²) in [4.78, 5) is 11.5. The van der Waals surface area contributed by atoms with Gasteiger partial charge in [0.25, 0.3) is 0 Å². The van der Waals surface area contributed by atoms with Gasteiger partial charge in [-0.25, -0.2) is 0 Å². The molecule has 0 saturated carbocycles. The van der Waals surface area contributed by atoms with E-state index in [0.29, 0.717) is 12.0 Å². The molecular weight excluding hydrogens is 202 g/mol. The average Bonchev–Trinajstić information content (AvgIpc) is 2.30. The number of ketones is 1. The van der Waals surface area contributed by atoms with Crippen molar-refractivity contribution >= 4 is 11.9 Å². The van der Waals surface area contributed by atoms with Gasteiger partial charge < -0.3 is 10.4 Å². The fraction of sp³-hybridized carbons (Fsp3) is 0.308.